The van der Waals surface area contributed by atoms with Crippen molar-refractivity contribution in [3.8, 4) is 23.1 Å². The number of nitrogens with one attached hydrogen (secondary N) is 1. The summed E-state index contributed by atoms with van der Waals surface area (Å²) >= 11 is 0. The fraction of sp³-hybridized carbons (Fsp3) is 0.333. The van der Waals surface area contributed by atoms with Crippen LogP contribution in [0.3, 0.4) is 0 Å². The number of aryl methyl sites for hydroxylation is 2. The summed E-state index contributed by atoms with van der Waals surface area (Å²) in [6.45, 7) is 4.76. The van der Waals surface area contributed by atoms with Crippen LogP contribution in [0.2, 0.25) is 0 Å². The zero-order valence-corrected chi connectivity index (χ0v) is 21.1. The summed E-state index contributed by atoms with van der Waals surface area (Å²) in [5, 5.41) is 17.3. The van der Waals surface area contributed by atoms with E-state index in [1.807, 2.05) is 20.0 Å². The lowest BCUT2D eigenvalue weighted by Crippen LogP contribution is -2.47. The van der Waals surface area contributed by atoms with Crippen molar-refractivity contribution in [2.75, 3.05) is 20.1 Å². The van der Waals surface area contributed by atoms with Gasteiger partial charge in [-0.3, -0.25) is 14.0 Å². The number of imidazole rings is 1. The number of likely N-dealkylation sites (N-methyl/N-ethyl adjacent to an activating group) is 1. The number of rotatable bonds is 4. The van der Waals surface area contributed by atoms with Crippen molar-refractivity contribution >= 4 is 16.8 Å². The summed E-state index contributed by atoms with van der Waals surface area (Å²) in [6, 6.07) is 9.32. The van der Waals surface area contributed by atoms with Gasteiger partial charge in [-0.1, -0.05) is 0 Å². The number of aromatic nitrogens is 4. The number of carbonyl (C=O) groups is 1. The summed E-state index contributed by atoms with van der Waals surface area (Å²) in [5.74, 6) is -1.16. The fourth-order valence-corrected chi connectivity index (χ4v) is 5.00. The average Bonchev–Trinajstić information content (AvgIpc) is 3.39. The SMILES string of the molecule is CN[C@@H]1CCCN(C(=O)c2nc(-c3ccc(C#N)c(F)c3)n(-c3cc(F)c4nn(C)c(C)c4c3)c2C)C1. The van der Waals surface area contributed by atoms with E-state index in [9.17, 15) is 9.18 Å². The molecule has 0 unspecified atom stereocenters. The molecule has 5 rings (SSSR count). The minimum atomic E-state index is -0.697. The van der Waals surface area contributed by atoms with Gasteiger partial charge in [0, 0.05) is 48.9 Å². The summed E-state index contributed by atoms with van der Waals surface area (Å²) in [7, 11) is 3.62. The van der Waals surface area contributed by atoms with Gasteiger partial charge in [0.2, 0.25) is 0 Å². The van der Waals surface area contributed by atoms with Gasteiger partial charge in [-0.05, 0) is 58.0 Å². The van der Waals surface area contributed by atoms with Crippen LogP contribution in [-0.2, 0) is 7.05 Å². The van der Waals surface area contributed by atoms with E-state index in [0.717, 1.165) is 18.5 Å². The molecule has 8 nitrogen and oxygen atoms in total. The third-order valence-corrected chi connectivity index (χ3v) is 7.21. The third-order valence-electron chi connectivity index (χ3n) is 7.21. The Morgan fingerprint density at radius 2 is 1.95 bits per heavy atom. The molecule has 37 heavy (non-hydrogen) atoms. The fourth-order valence-electron chi connectivity index (χ4n) is 5.00. The van der Waals surface area contributed by atoms with Gasteiger partial charge in [0.15, 0.2) is 5.82 Å². The molecule has 1 atom stereocenters. The standard InChI is InChI=1S/C27H27F2N7O/c1-15-21-11-20(12-23(29)25(21)33-34(15)4)36-16(2)24(27(37)35-9-5-6-19(14-35)31-3)32-26(36)17-7-8-18(13-30)22(28)10-17/h7-8,10-12,19,31H,5-6,9,14H2,1-4H3/t19-/m1/s1. The molecule has 0 radical (unpaired) electrons. The molecule has 0 spiro atoms. The molecular weight excluding hydrogens is 476 g/mol. The van der Waals surface area contributed by atoms with Crippen LogP contribution in [0, 0.1) is 36.8 Å². The largest absolute Gasteiger partial charge is 0.336 e. The molecule has 2 aromatic carbocycles. The van der Waals surface area contributed by atoms with Gasteiger partial charge in [0.1, 0.15) is 28.9 Å². The van der Waals surface area contributed by atoms with Crippen LogP contribution in [0.4, 0.5) is 8.78 Å². The Hall–Kier alpha value is -4.10. The molecule has 3 heterocycles. The molecule has 0 bridgehead atoms. The van der Waals surface area contributed by atoms with Crippen LogP contribution in [0.15, 0.2) is 30.3 Å². The number of carbonyl (C=O) groups excluding carboxylic acids is 1. The lowest BCUT2D eigenvalue weighted by molar-refractivity contribution is 0.0692. The quantitative estimate of drug-likeness (QED) is 0.454. The number of nitriles is 1. The minimum Gasteiger partial charge on any atom is -0.336 e. The Labute approximate surface area is 213 Å². The van der Waals surface area contributed by atoms with Gasteiger partial charge in [0.05, 0.1) is 16.9 Å². The first-order chi connectivity index (χ1) is 17.7. The number of halogens is 2. The molecule has 1 aliphatic rings. The molecule has 2 aromatic heterocycles. The third kappa shape index (κ3) is 4.15. The van der Waals surface area contributed by atoms with Gasteiger partial charge < -0.3 is 10.2 Å². The predicted molar refractivity (Wildman–Crippen MR) is 135 cm³/mol. The number of fused-ring (bicyclic) bond motifs is 1. The van der Waals surface area contributed by atoms with Gasteiger partial charge in [0.25, 0.3) is 5.91 Å². The summed E-state index contributed by atoms with van der Waals surface area (Å²) in [6.07, 6.45) is 1.85. The van der Waals surface area contributed by atoms with Crippen molar-refractivity contribution in [2.24, 2.45) is 7.05 Å². The van der Waals surface area contributed by atoms with E-state index in [-0.39, 0.29) is 34.5 Å². The Balaban J connectivity index is 1.71. The topological polar surface area (TPSA) is 91.8 Å². The van der Waals surface area contributed by atoms with Gasteiger partial charge in [-0.25, -0.2) is 13.8 Å². The summed E-state index contributed by atoms with van der Waals surface area (Å²) in [5.41, 5.74) is 2.47. The van der Waals surface area contributed by atoms with Crippen LogP contribution in [-0.4, -0.2) is 56.3 Å². The first-order valence-corrected chi connectivity index (χ1v) is 12.1. The van der Waals surface area contributed by atoms with Crippen LogP contribution in [0.1, 0.15) is 40.3 Å². The van der Waals surface area contributed by atoms with E-state index in [4.69, 9.17) is 5.26 Å². The average molecular weight is 504 g/mol. The van der Waals surface area contributed by atoms with Crippen LogP contribution >= 0.6 is 0 Å². The van der Waals surface area contributed by atoms with Crippen molar-refractivity contribution in [3.05, 3.63) is 64.6 Å². The highest BCUT2D eigenvalue weighted by Crippen LogP contribution is 2.32. The number of hydrogen-bond donors (Lipinski definition) is 1. The van der Waals surface area contributed by atoms with E-state index < -0.39 is 11.6 Å². The Morgan fingerprint density at radius 1 is 1.16 bits per heavy atom. The van der Waals surface area contributed by atoms with E-state index >= 15 is 4.39 Å². The highest BCUT2D eigenvalue weighted by Gasteiger charge is 2.29. The highest BCUT2D eigenvalue weighted by atomic mass is 19.1. The molecule has 1 aliphatic heterocycles. The Kier molecular flexibility index (Phi) is 6.25. The van der Waals surface area contributed by atoms with E-state index in [0.29, 0.717) is 35.4 Å². The molecule has 4 aromatic rings. The molecule has 0 aliphatic carbocycles. The molecule has 1 N–H and O–H groups in total. The molecule has 1 fully saturated rings. The zero-order valence-electron chi connectivity index (χ0n) is 21.1. The molecule has 0 saturated carbocycles. The second kappa shape index (κ2) is 9.41. The monoisotopic (exact) mass is 503 g/mol. The number of amides is 1. The van der Waals surface area contributed by atoms with E-state index in [1.165, 1.54) is 18.2 Å². The lowest BCUT2D eigenvalue weighted by Gasteiger charge is -2.32. The molecule has 190 valence electrons. The second-order valence-corrected chi connectivity index (χ2v) is 9.42. The van der Waals surface area contributed by atoms with Crippen molar-refractivity contribution in [2.45, 2.75) is 32.7 Å². The number of benzene rings is 2. The van der Waals surface area contributed by atoms with Crippen molar-refractivity contribution in [3.63, 3.8) is 0 Å². The van der Waals surface area contributed by atoms with Crippen LogP contribution < -0.4 is 5.32 Å². The second-order valence-electron chi connectivity index (χ2n) is 9.42. The van der Waals surface area contributed by atoms with Crippen molar-refractivity contribution < 1.29 is 13.6 Å². The first kappa shape index (κ1) is 24.6. The smallest absolute Gasteiger partial charge is 0.274 e. The first-order valence-electron chi connectivity index (χ1n) is 12.1. The van der Waals surface area contributed by atoms with Crippen LogP contribution in [0.5, 0.6) is 0 Å². The lowest BCUT2D eigenvalue weighted by atomic mass is 10.1. The number of hydrogen-bond acceptors (Lipinski definition) is 5. The Bertz CT molecular complexity index is 1580. The van der Waals surface area contributed by atoms with Gasteiger partial charge >= 0.3 is 0 Å². The van der Waals surface area contributed by atoms with Gasteiger partial charge in [-0.2, -0.15) is 10.4 Å². The molecule has 10 heteroatoms. The number of nitrogens with zero attached hydrogens (tertiary/aromatic N) is 6. The predicted octanol–water partition coefficient (Wildman–Crippen LogP) is 4.02. The number of piperidine rings is 1. The highest BCUT2D eigenvalue weighted by molar-refractivity contribution is 5.95. The molecule has 1 saturated heterocycles. The van der Waals surface area contributed by atoms with Crippen LogP contribution in [0.25, 0.3) is 28.0 Å². The number of likely N-dealkylation sites (tertiary alicyclic amines) is 1. The maximum Gasteiger partial charge on any atom is 0.274 e. The van der Waals surface area contributed by atoms with Crippen molar-refractivity contribution in [1.82, 2.24) is 29.5 Å². The van der Waals surface area contributed by atoms with E-state index in [2.05, 4.69) is 15.4 Å². The maximum atomic E-state index is 15.2. The summed E-state index contributed by atoms with van der Waals surface area (Å²) in [4.78, 5) is 20.1. The maximum absolute atomic E-state index is 15.2. The molecule has 1 amide bonds. The zero-order chi connectivity index (χ0) is 26.4. The molecular formula is C27H27F2N7O. The summed E-state index contributed by atoms with van der Waals surface area (Å²) < 4.78 is 33.1. The van der Waals surface area contributed by atoms with Crippen molar-refractivity contribution in [1.29, 1.82) is 5.26 Å². The minimum absolute atomic E-state index is 0.0975. The van der Waals surface area contributed by atoms with E-state index in [1.54, 1.807) is 40.3 Å². The van der Waals surface area contributed by atoms with Gasteiger partial charge in [-0.15, -0.1) is 0 Å². The normalized spacial score (nSPS) is 15.8. The Morgan fingerprint density at radius 3 is 2.65 bits per heavy atom.